The van der Waals surface area contributed by atoms with E-state index >= 15 is 0 Å². The molecule has 2 fully saturated rings. The number of ether oxygens (including phenoxy) is 4. The van der Waals surface area contributed by atoms with E-state index in [1.807, 2.05) is 0 Å². The molecule has 1 aliphatic carbocycles. The van der Waals surface area contributed by atoms with Crippen LogP contribution in [0.15, 0.2) is 11.8 Å². The van der Waals surface area contributed by atoms with Gasteiger partial charge in [0, 0.05) is 20.0 Å². The van der Waals surface area contributed by atoms with E-state index in [4.69, 9.17) is 18.9 Å². The van der Waals surface area contributed by atoms with Gasteiger partial charge in [-0.15, -0.1) is 0 Å². The van der Waals surface area contributed by atoms with Gasteiger partial charge < -0.3 is 23.8 Å². The van der Waals surface area contributed by atoms with Crippen LogP contribution in [0.4, 0.5) is 4.79 Å². The normalized spacial score (nSPS) is 37.0. The first-order valence-corrected chi connectivity index (χ1v) is 6.50. The number of epoxide rings is 1. The fourth-order valence-electron chi connectivity index (χ4n) is 2.95. The summed E-state index contributed by atoms with van der Waals surface area (Å²) in [6.45, 7) is 0. The second kappa shape index (κ2) is 4.66. The molecule has 20 heavy (non-hydrogen) atoms. The Morgan fingerprint density at radius 1 is 1.40 bits per heavy atom. The molecule has 0 bridgehead atoms. The molecule has 0 N–H and O–H groups in total. The molecule has 1 amide bonds. The molecule has 3 rings (SSSR count). The predicted octanol–water partition coefficient (Wildman–Crippen LogP) is 0.501. The van der Waals surface area contributed by atoms with Crippen molar-refractivity contribution in [2.24, 2.45) is 11.8 Å². The van der Waals surface area contributed by atoms with Crippen molar-refractivity contribution in [2.75, 3.05) is 21.2 Å². The standard InChI is InChI=1S/C13H17NO6/c1-14(2)13(16)20-12-9-6(4-8-10(9)19-8)7(5-18-12)11(15)17-3/h5-6,8-10,12H,4H2,1-3H3/t6-,8+,9-,10+,12+/m1/s1. The number of esters is 1. The summed E-state index contributed by atoms with van der Waals surface area (Å²) >= 11 is 0. The van der Waals surface area contributed by atoms with Gasteiger partial charge in [-0.05, 0) is 6.42 Å². The Balaban J connectivity index is 1.79. The average molecular weight is 283 g/mol. The van der Waals surface area contributed by atoms with Crippen molar-refractivity contribution in [2.45, 2.75) is 24.9 Å². The van der Waals surface area contributed by atoms with Crippen molar-refractivity contribution in [3.05, 3.63) is 11.8 Å². The molecule has 0 spiro atoms. The first-order valence-electron chi connectivity index (χ1n) is 6.50. The molecule has 1 saturated heterocycles. The lowest BCUT2D eigenvalue weighted by Crippen LogP contribution is -2.41. The van der Waals surface area contributed by atoms with E-state index in [9.17, 15) is 9.59 Å². The number of carbonyl (C=O) groups excluding carboxylic acids is 2. The summed E-state index contributed by atoms with van der Waals surface area (Å²) in [5.74, 6) is -0.596. The number of methoxy groups -OCH3 is 1. The summed E-state index contributed by atoms with van der Waals surface area (Å²) in [5.41, 5.74) is 0.491. The first kappa shape index (κ1) is 13.2. The van der Waals surface area contributed by atoms with Crippen molar-refractivity contribution in [3.63, 3.8) is 0 Å². The third-order valence-corrected chi connectivity index (χ3v) is 4.00. The highest BCUT2D eigenvalue weighted by Gasteiger charge is 2.62. The molecule has 5 atom stereocenters. The smallest absolute Gasteiger partial charge is 0.412 e. The van der Waals surface area contributed by atoms with Crippen molar-refractivity contribution in [1.29, 1.82) is 0 Å². The van der Waals surface area contributed by atoms with Crippen LogP contribution in [-0.4, -0.2) is 56.7 Å². The molecule has 7 heteroatoms. The Kier molecular flexibility index (Phi) is 3.08. The molecular formula is C13H17NO6. The molecule has 0 aromatic heterocycles. The number of nitrogens with zero attached hydrogens (tertiary/aromatic N) is 1. The number of rotatable bonds is 2. The summed E-state index contributed by atoms with van der Waals surface area (Å²) in [6.07, 6.45) is 1.00. The van der Waals surface area contributed by atoms with Crippen LogP contribution in [0.5, 0.6) is 0 Å². The molecule has 110 valence electrons. The number of fused-ring (bicyclic) bond motifs is 3. The maximum Gasteiger partial charge on any atom is 0.412 e. The molecule has 0 aromatic rings. The zero-order valence-electron chi connectivity index (χ0n) is 11.6. The van der Waals surface area contributed by atoms with Gasteiger partial charge in [0.05, 0.1) is 37.1 Å². The van der Waals surface area contributed by atoms with Crippen LogP contribution in [0.2, 0.25) is 0 Å². The van der Waals surface area contributed by atoms with Gasteiger partial charge in [0.2, 0.25) is 0 Å². The Hall–Kier alpha value is -1.76. The van der Waals surface area contributed by atoms with Crippen LogP contribution in [0.3, 0.4) is 0 Å². The van der Waals surface area contributed by atoms with Gasteiger partial charge in [0.15, 0.2) is 0 Å². The topological polar surface area (TPSA) is 77.6 Å². The SMILES string of the molecule is COC(=O)C1=CO[C@@H](OC(=O)N(C)C)[C@H]2[C@H]3O[C@H]3C[C@H]12. The van der Waals surface area contributed by atoms with Gasteiger partial charge in [0.25, 0.3) is 6.29 Å². The van der Waals surface area contributed by atoms with Crippen molar-refractivity contribution < 1.29 is 28.5 Å². The molecule has 0 unspecified atom stereocenters. The van der Waals surface area contributed by atoms with Crippen LogP contribution in [-0.2, 0) is 23.7 Å². The quantitative estimate of drug-likeness (QED) is 0.542. The minimum atomic E-state index is -0.721. The van der Waals surface area contributed by atoms with Crippen LogP contribution in [0.1, 0.15) is 6.42 Å². The second-order valence-electron chi connectivity index (χ2n) is 5.41. The van der Waals surface area contributed by atoms with E-state index in [1.54, 1.807) is 14.1 Å². The van der Waals surface area contributed by atoms with Gasteiger partial charge in [-0.25, -0.2) is 9.59 Å². The van der Waals surface area contributed by atoms with E-state index in [-0.39, 0.29) is 24.0 Å². The molecule has 3 aliphatic rings. The third-order valence-electron chi connectivity index (χ3n) is 4.00. The number of carbonyl (C=O) groups is 2. The van der Waals surface area contributed by atoms with E-state index in [1.165, 1.54) is 18.3 Å². The van der Waals surface area contributed by atoms with E-state index in [2.05, 4.69) is 0 Å². The predicted molar refractivity (Wildman–Crippen MR) is 65.4 cm³/mol. The number of hydrogen-bond acceptors (Lipinski definition) is 6. The first-order chi connectivity index (χ1) is 9.52. The van der Waals surface area contributed by atoms with Crippen molar-refractivity contribution in [1.82, 2.24) is 4.90 Å². The average Bonchev–Trinajstić information content (AvgIpc) is 3.08. The maximum atomic E-state index is 11.7. The largest absolute Gasteiger partial charge is 0.466 e. The minimum Gasteiger partial charge on any atom is -0.466 e. The fraction of sp³-hybridized carbons (Fsp3) is 0.692. The highest BCUT2D eigenvalue weighted by molar-refractivity contribution is 5.89. The van der Waals surface area contributed by atoms with Gasteiger partial charge in [-0.3, -0.25) is 0 Å². The van der Waals surface area contributed by atoms with Gasteiger partial charge >= 0.3 is 12.1 Å². The summed E-state index contributed by atoms with van der Waals surface area (Å²) in [7, 11) is 4.54. The van der Waals surface area contributed by atoms with Crippen molar-refractivity contribution >= 4 is 12.1 Å². The summed E-state index contributed by atoms with van der Waals surface area (Å²) in [4.78, 5) is 24.7. The van der Waals surface area contributed by atoms with Crippen LogP contribution in [0.25, 0.3) is 0 Å². The summed E-state index contributed by atoms with van der Waals surface area (Å²) in [6, 6.07) is 0. The minimum absolute atomic E-state index is 0.00619. The summed E-state index contributed by atoms with van der Waals surface area (Å²) < 4.78 is 21.0. The highest BCUT2D eigenvalue weighted by Crippen LogP contribution is 2.53. The van der Waals surface area contributed by atoms with Crippen molar-refractivity contribution in [3.8, 4) is 0 Å². The molecule has 7 nitrogen and oxygen atoms in total. The van der Waals surface area contributed by atoms with Crippen LogP contribution >= 0.6 is 0 Å². The van der Waals surface area contributed by atoms with Gasteiger partial charge in [-0.1, -0.05) is 0 Å². The van der Waals surface area contributed by atoms with Gasteiger partial charge in [0.1, 0.15) is 0 Å². The zero-order chi connectivity index (χ0) is 14.4. The van der Waals surface area contributed by atoms with Crippen LogP contribution < -0.4 is 0 Å². The lowest BCUT2D eigenvalue weighted by atomic mass is 9.86. The fourth-order valence-corrected chi connectivity index (χ4v) is 2.95. The molecule has 0 radical (unpaired) electrons. The summed E-state index contributed by atoms with van der Waals surface area (Å²) in [5, 5.41) is 0. The van der Waals surface area contributed by atoms with E-state index < -0.39 is 18.4 Å². The maximum absolute atomic E-state index is 11.7. The molecule has 1 saturated carbocycles. The molecule has 2 heterocycles. The molecule has 2 aliphatic heterocycles. The molecular weight excluding hydrogens is 266 g/mol. The van der Waals surface area contributed by atoms with E-state index in [0.717, 1.165) is 6.42 Å². The Morgan fingerprint density at radius 2 is 2.15 bits per heavy atom. The van der Waals surface area contributed by atoms with Gasteiger partial charge in [-0.2, -0.15) is 0 Å². The lowest BCUT2D eigenvalue weighted by molar-refractivity contribution is -0.147. The van der Waals surface area contributed by atoms with E-state index in [0.29, 0.717) is 5.57 Å². The van der Waals surface area contributed by atoms with Crippen LogP contribution in [0, 0.1) is 11.8 Å². The monoisotopic (exact) mass is 283 g/mol. The second-order valence-corrected chi connectivity index (χ2v) is 5.41. The third kappa shape index (κ3) is 2.02. The highest BCUT2D eigenvalue weighted by atomic mass is 16.7. The number of hydrogen-bond donors (Lipinski definition) is 0. The Labute approximate surface area is 116 Å². The number of amides is 1. The Morgan fingerprint density at radius 3 is 2.80 bits per heavy atom. The Bertz CT molecular complexity index is 473. The zero-order valence-corrected chi connectivity index (χ0v) is 11.6. The molecule has 0 aromatic carbocycles. The lowest BCUT2D eigenvalue weighted by Gasteiger charge is -2.33.